The number of rotatable bonds is 3. The molecule has 3 aromatic rings. The van der Waals surface area contributed by atoms with Crippen LogP contribution in [0.1, 0.15) is 33.3 Å². The first-order chi connectivity index (χ1) is 10.4. The largest absolute Gasteiger partial charge is 0.271 e. The summed E-state index contributed by atoms with van der Waals surface area (Å²) in [6, 6.07) is 10.7. The van der Waals surface area contributed by atoms with Crippen LogP contribution in [-0.2, 0) is 12.8 Å². The van der Waals surface area contributed by atoms with Crippen molar-refractivity contribution in [1.29, 1.82) is 0 Å². The predicted molar refractivity (Wildman–Crippen MR) is 87.3 cm³/mol. The minimum absolute atomic E-state index is 0.0356. The van der Waals surface area contributed by atoms with Crippen LogP contribution >= 0.6 is 11.3 Å². The molecular formula is C17H17N3S. The second-order valence-electron chi connectivity index (χ2n) is 5.49. The maximum Gasteiger partial charge on any atom is 0.0809 e. The van der Waals surface area contributed by atoms with Crippen LogP contribution in [0.4, 0.5) is 0 Å². The van der Waals surface area contributed by atoms with Crippen molar-refractivity contribution in [3.05, 3.63) is 63.6 Å². The van der Waals surface area contributed by atoms with Gasteiger partial charge in [-0.2, -0.15) is 0 Å². The van der Waals surface area contributed by atoms with E-state index in [4.69, 9.17) is 5.84 Å². The number of thiophene rings is 1. The molecule has 0 amide bonds. The number of hydrogen-bond donors (Lipinski definition) is 2. The Morgan fingerprint density at radius 3 is 3.05 bits per heavy atom. The van der Waals surface area contributed by atoms with Gasteiger partial charge in [0.1, 0.15) is 0 Å². The summed E-state index contributed by atoms with van der Waals surface area (Å²) in [6.07, 6.45) is 7.47. The first-order valence-corrected chi connectivity index (χ1v) is 8.09. The Morgan fingerprint density at radius 2 is 2.19 bits per heavy atom. The van der Waals surface area contributed by atoms with Crippen molar-refractivity contribution in [1.82, 2.24) is 10.4 Å². The molecule has 2 aromatic heterocycles. The Bertz CT molecular complexity index is 767. The zero-order valence-electron chi connectivity index (χ0n) is 11.7. The van der Waals surface area contributed by atoms with E-state index in [-0.39, 0.29) is 6.04 Å². The van der Waals surface area contributed by atoms with Crippen LogP contribution in [0.2, 0.25) is 0 Å². The zero-order chi connectivity index (χ0) is 14.2. The Hall–Kier alpha value is -1.75. The molecule has 4 rings (SSSR count). The second kappa shape index (κ2) is 5.22. The highest BCUT2D eigenvalue weighted by Crippen LogP contribution is 2.37. The predicted octanol–water partition coefficient (Wildman–Crippen LogP) is 3.34. The molecule has 0 bridgehead atoms. The number of aryl methyl sites for hydroxylation is 2. The lowest BCUT2D eigenvalue weighted by Gasteiger charge is -2.17. The van der Waals surface area contributed by atoms with Crippen LogP contribution in [0.25, 0.3) is 10.8 Å². The number of fused-ring (bicyclic) bond motifs is 2. The fraction of sp³-hybridized carbons (Fsp3) is 0.235. The van der Waals surface area contributed by atoms with Crippen molar-refractivity contribution in [3.8, 4) is 0 Å². The van der Waals surface area contributed by atoms with E-state index in [1.807, 2.05) is 29.8 Å². The van der Waals surface area contributed by atoms with Crippen molar-refractivity contribution < 1.29 is 0 Å². The summed E-state index contributed by atoms with van der Waals surface area (Å²) in [6.45, 7) is 0. The topological polar surface area (TPSA) is 50.9 Å². The van der Waals surface area contributed by atoms with Gasteiger partial charge in [-0.25, -0.2) is 5.43 Å². The summed E-state index contributed by atoms with van der Waals surface area (Å²) in [4.78, 5) is 7.10. The lowest BCUT2D eigenvalue weighted by molar-refractivity contribution is 0.650. The quantitative estimate of drug-likeness (QED) is 0.575. The summed E-state index contributed by atoms with van der Waals surface area (Å²) < 4.78 is 0. The molecule has 2 heterocycles. The number of nitrogens with two attached hydrogens (primary N) is 1. The van der Waals surface area contributed by atoms with Gasteiger partial charge in [0.05, 0.1) is 6.04 Å². The number of nitrogens with one attached hydrogen (secondary N) is 1. The molecule has 0 spiro atoms. The standard InChI is InChI=1S/C17H17N3S/c18-20-17(16-9-12-4-2-6-15(12)21-16)13-5-1-3-11-7-8-19-10-14(11)13/h1,3,5,7-10,17,20H,2,4,6,18H2. The highest BCUT2D eigenvalue weighted by molar-refractivity contribution is 7.12. The van der Waals surface area contributed by atoms with E-state index in [9.17, 15) is 0 Å². The molecular weight excluding hydrogens is 278 g/mol. The molecule has 0 radical (unpaired) electrons. The molecule has 3 N–H and O–H groups in total. The molecule has 4 heteroatoms. The van der Waals surface area contributed by atoms with Crippen LogP contribution in [0.5, 0.6) is 0 Å². The minimum Gasteiger partial charge on any atom is -0.271 e. The average Bonchev–Trinajstić information content (AvgIpc) is 3.10. The minimum atomic E-state index is 0.0356. The number of nitrogens with zero attached hydrogens (tertiary/aromatic N) is 1. The van der Waals surface area contributed by atoms with Gasteiger partial charge in [0.2, 0.25) is 0 Å². The van der Waals surface area contributed by atoms with Crippen molar-refractivity contribution in [3.63, 3.8) is 0 Å². The maximum atomic E-state index is 5.88. The second-order valence-corrected chi connectivity index (χ2v) is 6.66. The fourth-order valence-corrected chi connectivity index (χ4v) is 4.55. The summed E-state index contributed by atoms with van der Waals surface area (Å²) >= 11 is 1.90. The molecule has 0 aliphatic heterocycles. The molecule has 106 valence electrons. The molecule has 0 fully saturated rings. The van der Waals surface area contributed by atoms with Gasteiger partial charge in [0, 0.05) is 27.5 Å². The van der Waals surface area contributed by atoms with Gasteiger partial charge in [-0.05, 0) is 47.9 Å². The van der Waals surface area contributed by atoms with Gasteiger partial charge in [-0.1, -0.05) is 18.2 Å². The van der Waals surface area contributed by atoms with Crippen LogP contribution in [0.3, 0.4) is 0 Å². The lowest BCUT2D eigenvalue weighted by Crippen LogP contribution is -2.28. The monoisotopic (exact) mass is 295 g/mol. The highest BCUT2D eigenvalue weighted by atomic mass is 32.1. The summed E-state index contributed by atoms with van der Waals surface area (Å²) in [5, 5.41) is 2.36. The van der Waals surface area contributed by atoms with Gasteiger partial charge in [-0.3, -0.25) is 10.8 Å². The molecule has 1 aliphatic rings. The number of aromatic nitrogens is 1. The first-order valence-electron chi connectivity index (χ1n) is 7.27. The SMILES string of the molecule is NNC(c1cc2c(s1)CCC2)c1cccc2ccncc12. The Balaban J connectivity index is 1.84. The number of hydrazine groups is 1. The molecule has 0 saturated heterocycles. The highest BCUT2D eigenvalue weighted by Gasteiger charge is 2.21. The van der Waals surface area contributed by atoms with E-state index in [0.29, 0.717) is 0 Å². The zero-order valence-corrected chi connectivity index (χ0v) is 12.5. The van der Waals surface area contributed by atoms with Gasteiger partial charge >= 0.3 is 0 Å². The van der Waals surface area contributed by atoms with Crippen molar-refractivity contribution in [2.24, 2.45) is 5.84 Å². The van der Waals surface area contributed by atoms with Crippen LogP contribution in [-0.4, -0.2) is 4.98 Å². The third-order valence-electron chi connectivity index (χ3n) is 4.25. The van der Waals surface area contributed by atoms with E-state index in [2.05, 4.69) is 34.7 Å². The Kier molecular flexibility index (Phi) is 3.22. The van der Waals surface area contributed by atoms with Gasteiger partial charge < -0.3 is 0 Å². The van der Waals surface area contributed by atoms with Crippen molar-refractivity contribution in [2.75, 3.05) is 0 Å². The van der Waals surface area contributed by atoms with E-state index >= 15 is 0 Å². The summed E-state index contributed by atoms with van der Waals surface area (Å²) in [7, 11) is 0. The van der Waals surface area contributed by atoms with Gasteiger partial charge in [0.25, 0.3) is 0 Å². The molecule has 1 aliphatic carbocycles. The van der Waals surface area contributed by atoms with Gasteiger partial charge in [-0.15, -0.1) is 11.3 Å². The van der Waals surface area contributed by atoms with E-state index in [1.54, 1.807) is 0 Å². The Morgan fingerprint density at radius 1 is 1.24 bits per heavy atom. The number of hydrogen-bond acceptors (Lipinski definition) is 4. The molecule has 3 nitrogen and oxygen atoms in total. The van der Waals surface area contributed by atoms with Crippen LogP contribution in [0, 0.1) is 0 Å². The third kappa shape index (κ3) is 2.16. The number of pyridine rings is 1. The van der Waals surface area contributed by atoms with E-state index in [1.165, 1.54) is 45.5 Å². The molecule has 1 atom stereocenters. The van der Waals surface area contributed by atoms with E-state index < -0.39 is 0 Å². The normalized spacial score (nSPS) is 15.3. The summed E-state index contributed by atoms with van der Waals surface area (Å²) in [5.41, 5.74) is 5.70. The Labute approximate surface area is 127 Å². The van der Waals surface area contributed by atoms with Crippen molar-refractivity contribution in [2.45, 2.75) is 25.3 Å². The smallest absolute Gasteiger partial charge is 0.0809 e. The van der Waals surface area contributed by atoms with E-state index in [0.717, 1.165) is 5.39 Å². The third-order valence-corrected chi connectivity index (χ3v) is 5.55. The molecule has 0 saturated carbocycles. The fourth-order valence-electron chi connectivity index (χ4n) is 3.21. The molecule has 1 aromatic carbocycles. The first kappa shape index (κ1) is 13.0. The van der Waals surface area contributed by atoms with Gasteiger partial charge in [0.15, 0.2) is 0 Å². The van der Waals surface area contributed by atoms with Crippen LogP contribution in [0.15, 0.2) is 42.7 Å². The average molecular weight is 295 g/mol. The van der Waals surface area contributed by atoms with Crippen LogP contribution < -0.4 is 11.3 Å². The van der Waals surface area contributed by atoms with Crippen molar-refractivity contribution >= 4 is 22.1 Å². The lowest BCUT2D eigenvalue weighted by atomic mass is 9.99. The number of benzene rings is 1. The maximum absolute atomic E-state index is 5.88. The summed E-state index contributed by atoms with van der Waals surface area (Å²) in [5.74, 6) is 5.88. The molecule has 21 heavy (non-hydrogen) atoms. The molecule has 1 unspecified atom stereocenters.